The molecule has 2 N–H and O–H groups in total. The molecule has 1 aromatic carbocycles. The molecule has 0 aliphatic heterocycles. The van der Waals surface area contributed by atoms with Gasteiger partial charge >= 0.3 is 0 Å². The average Bonchev–Trinajstić information content (AvgIpc) is 2.90. The molecule has 114 valence electrons. The normalized spacial score (nSPS) is 10.2. The van der Waals surface area contributed by atoms with Crippen molar-refractivity contribution in [3.8, 4) is 11.3 Å². The third-order valence-electron chi connectivity index (χ3n) is 3.16. The lowest BCUT2D eigenvalue weighted by atomic mass is 10.1. The summed E-state index contributed by atoms with van der Waals surface area (Å²) in [7, 11) is 0. The number of aryl methyl sites for hydroxylation is 1. The Balaban J connectivity index is 0.00000176. The Labute approximate surface area is 136 Å². The number of aromatic amines is 1. The minimum Gasteiger partial charge on any atom is -0.382 e. The van der Waals surface area contributed by atoms with Gasteiger partial charge in [-0.2, -0.15) is 10.3 Å². The number of rotatable bonds is 3. The molecule has 0 aliphatic rings. The van der Waals surface area contributed by atoms with Gasteiger partial charge in [-0.3, -0.25) is 10.2 Å². The Hall–Kier alpha value is -2.41. The van der Waals surface area contributed by atoms with Crippen LogP contribution in [0, 0.1) is 12.3 Å². The van der Waals surface area contributed by atoms with Crippen LogP contribution in [0.25, 0.3) is 11.3 Å². The zero-order valence-electron chi connectivity index (χ0n) is 11.9. The Morgan fingerprint density at radius 2 is 2.00 bits per heavy atom. The molecule has 3 rings (SSSR count). The number of nitrogens with one attached hydrogen (secondary N) is 2. The highest BCUT2D eigenvalue weighted by Gasteiger charge is 2.08. The van der Waals surface area contributed by atoms with Crippen molar-refractivity contribution in [3.05, 3.63) is 69.6 Å². The lowest BCUT2D eigenvalue weighted by molar-refractivity contribution is 0.363. The molecule has 6 nitrogen and oxygen atoms in total. The Kier molecular flexibility index (Phi) is 4.77. The van der Waals surface area contributed by atoms with Gasteiger partial charge in [0.25, 0.3) is 5.56 Å². The summed E-state index contributed by atoms with van der Waals surface area (Å²) in [5.41, 5.74) is 2.56. The summed E-state index contributed by atoms with van der Waals surface area (Å²) in [6.45, 7) is 2.10. The first kappa shape index (κ1) is 16.0. The van der Waals surface area contributed by atoms with Crippen molar-refractivity contribution in [1.29, 1.82) is 5.41 Å². The number of hydrogen-bond donors (Lipinski definition) is 2. The fourth-order valence-electron chi connectivity index (χ4n) is 2.10. The second-order valence-electron chi connectivity index (χ2n) is 4.76. The van der Waals surface area contributed by atoms with E-state index in [1.165, 1.54) is 10.7 Å². The van der Waals surface area contributed by atoms with Gasteiger partial charge in [0, 0.05) is 11.6 Å². The van der Waals surface area contributed by atoms with Crippen LogP contribution in [0.5, 0.6) is 0 Å². The van der Waals surface area contributed by atoms with Crippen molar-refractivity contribution >= 4 is 17.0 Å². The second kappa shape index (κ2) is 6.57. The van der Waals surface area contributed by atoms with E-state index in [4.69, 9.17) is 9.93 Å². The molecule has 22 heavy (non-hydrogen) atoms. The average molecular weight is 363 g/mol. The number of halogens is 1. The highest BCUT2D eigenvalue weighted by atomic mass is 79.9. The van der Waals surface area contributed by atoms with Gasteiger partial charge in [0.15, 0.2) is 5.76 Å². The number of aromatic nitrogens is 3. The molecule has 0 unspecified atom stereocenters. The van der Waals surface area contributed by atoms with Crippen molar-refractivity contribution < 1.29 is 4.52 Å². The summed E-state index contributed by atoms with van der Waals surface area (Å²) >= 11 is 0. The monoisotopic (exact) mass is 362 g/mol. The summed E-state index contributed by atoms with van der Waals surface area (Å²) in [6.07, 6.45) is 0. The molecule has 0 radical (unpaired) electrons. The predicted molar refractivity (Wildman–Crippen MR) is 87.0 cm³/mol. The standard InChI is InChI=1S/C15H14N4O2.BrH/c1-10-7-13(11-5-3-2-4-6-11)17-19(15(10)16)9-12-8-14(20)18-21-12;/h2-8,16H,9H2,1H3,(H,18,20);1H. The summed E-state index contributed by atoms with van der Waals surface area (Å²) in [6, 6.07) is 13.0. The molecule has 2 aromatic heterocycles. The maximum Gasteiger partial charge on any atom is 0.280 e. The van der Waals surface area contributed by atoms with Crippen LogP contribution in [0.1, 0.15) is 11.3 Å². The topological polar surface area (TPSA) is 87.7 Å². The maximum absolute atomic E-state index is 11.1. The smallest absolute Gasteiger partial charge is 0.280 e. The van der Waals surface area contributed by atoms with E-state index >= 15 is 0 Å². The van der Waals surface area contributed by atoms with Gasteiger partial charge in [-0.1, -0.05) is 30.3 Å². The van der Waals surface area contributed by atoms with Crippen molar-refractivity contribution in [1.82, 2.24) is 14.9 Å². The minimum absolute atomic E-state index is 0. The molecule has 0 aliphatic carbocycles. The summed E-state index contributed by atoms with van der Waals surface area (Å²) in [5, 5.41) is 14.8. The highest BCUT2D eigenvalue weighted by Crippen LogP contribution is 2.15. The van der Waals surface area contributed by atoms with E-state index in [9.17, 15) is 4.79 Å². The molecular weight excluding hydrogens is 348 g/mol. The summed E-state index contributed by atoms with van der Waals surface area (Å²) in [4.78, 5) is 11.1. The van der Waals surface area contributed by atoms with Gasteiger partial charge in [-0.25, -0.2) is 4.68 Å². The molecule has 0 fully saturated rings. The van der Waals surface area contributed by atoms with Crippen molar-refractivity contribution in [2.24, 2.45) is 0 Å². The van der Waals surface area contributed by atoms with Crippen LogP contribution >= 0.6 is 17.0 Å². The predicted octanol–water partition coefficient (Wildman–Crippen LogP) is 2.25. The van der Waals surface area contributed by atoms with Crippen LogP contribution in [0.3, 0.4) is 0 Å². The number of nitrogens with zero attached hydrogens (tertiary/aromatic N) is 2. The first-order valence-corrected chi connectivity index (χ1v) is 6.49. The molecule has 0 bridgehead atoms. The SMILES string of the molecule is Br.Cc1cc(-c2ccccc2)nn(Cc2cc(=O)[nH]o2)c1=N. The van der Waals surface area contributed by atoms with Crippen molar-refractivity contribution in [2.45, 2.75) is 13.5 Å². The number of hydrogen-bond acceptors (Lipinski definition) is 4. The molecule has 7 heteroatoms. The van der Waals surface area contributed by atoms with Crippen LogP contribution in [0.2, 0.25) is 0 Å². The van der Waals surface area contributed by atoms with E-state index in [1.54, 1.807) is 0 Å². The van der Waals surface area contributed by atoms with Crippen molar-refractivity contribution in [3.63, 3.8) is 0 Å². The van der Waals surface area contributed by atoms with Gasteiger partial charge in [0.1, 0.15) is 12.0 Å². The highest BCUT2D eigenvalue weighted by molar-refractivity contribution is 8.93. The fraction of sp³-hybridized carbons (Fsp3) is 0.133. The Morgan fingerprint density at radius 1 is 1.27 bits per heavy atom. The Morgan fingerprint density at radius 3 is 2.64 bits per heavy atom. The largest absolute Gasteiger partial charge is 0.382 e. The van der Waals surface area contributed by atoms with E-state index < -0.39 is 0 Å². The van der Waals surface area contributed by atoms with Gasteiger partial charge in [-0.15, -0.1) is 17.0 Å². The first-order valence-electron chi connectivity index (χ1n) is 6.49. The van der Waals surface area contributed by atoms with Gasteiger partial charge < -0.3 is 4.52 Å². The third-order valence-corrected chi connectivity index (χ3v) is 3.16. The summed E-state index contributed by atoms with van der Waals surface area (Å²) in [5.74, 6) is 0.440. The van der Waals surface area contributed by atoms with Crippen LogP contribution in [0.4, 0.5) is 0 Å². The van der Waals surface area contributed by atoms with E-state index in [0.717, 1.165) is 16.8 Å². The third kappa shape index (κ3) is 3.25. The molecule has 2 heterocycles. The van der Waals surface area contributed by atoms with Gasteiger partial charge in [-0.05, 0) is 18.6 Å². The van der Waals surface area contributed by atoms with Crippen LogP contribution in [-0.4, -0.2) is 14.9 Å². The summed E-state index contributed by atoms with van der Waals surface area (Å²) < 4.78 is 6.54. The molecular formula is C15H15BrN4O2. The molecule has 0 spiro atoms. The maximum atomic E-state index is 11.1. The molecule has 0 saturated heterocycles. The zero-order valence-corrected chi connectivity index (χ0v) is 13.6. The zero-order chi connectivity index (χ0) is 14.8. The van der Waals surface area contributed by atoms with Crippen LogP contribution in [0.15, 0.2) is 51.8 Å². The van der Waals surface area contributed by atoms with E-state index in [1.807, 2.05) is 43.3 Å². The second-order valence-corrected chi connectivity index (χ2v) is 4.76. The molecule has 0 atom stereocenters. The molecule has 3 aromatic rings. The number of benzene rings is 1. The van der Waals surface area contributed by atoms with Gasteiger partial charge in [0.05, 0.1) is 5.69 Å². The quantitative estimate of drug-likeness (QED) is 0.748. The van der Waals surface area contributed by atoms with Gasteiger partial charge in [0.2, 0.25) is 0 Å². The number of H-pyrrole nitrogens is 1. The molecule has 0 amide bonds. The first-order chi connectivity index (χ1) is 10.1. The lowest BCUT2D eigenvalue weighted by Gasteiger charge is -2.09. The Bertz CT molecular complexity index is 880. The van der Waals surface area contributed by atoms with Crippen molar-refractivity contribution in [2.75, 3.05) is 0 Å². The van der Waals surface area contributed by atoms with E-state index in [2.05, 4.69) is 10.3 Å². The van der Waals surface area contributed by atoms with Crippen LogP contribution in [-0.2, 0) is 6.54 Å². The van der Waals surface area contributed by atoms with Crippen LogP contribution < -0.4 is 11.0 Å². The fourth-order valence-corrected chi connectivity index (χ4v) is 2.10. The molecule has 0 saturated carbocycles. The van der Waals surface area contributed by atoms with E-state index in [-0.39, 0.29) is 29.1 Å². The van der Waals surface area contributed by atoms with E-state index in [0.29, 0.717) is 11.2 Å². The lowest BCUT2D eigenvalue weighted by Crippen LogP contribution is -2.26. The minimum atomic E-state index is -0.298.